The summed E-state index contributed by atoms with van der Waals surface area (Å²) < 4.78 is 2.70. The molecular formula is C14H12N4S. The number of benzene rings is 1. The monoisotopic (exact) mass is 268 g/mol. The summed E-state index contributed by atoms with van der Waals surface area (Å²) in [6.45, 7) is 0. The molecule has 1 aliphatic carbocycles. The largest absolute Gasteiger partial charge is 0.271 e. The van der Waals surface area contributed by atoms with Crippen LogP contribution in [-0.2, 0) is 0 Å². The molecule has 1 N–H and O–H groups in total. The summed E-state index contributed by atoms with van der Waals surface area (Å²) in [6, 6.07) is 8.21. The maximum atomic E-state index is 5.39. The highest BCUT2D eigenvalue weighted by molar-refractivity contribution is 7.71. The molecule has 0 unspecified atom stereocenters. The zero-order chi connectivity index (χ0) is 12.8. The Hall–Kier alpha value is -2.01. The first-order valence-electron chi connectivity index (χ1n) is 6.35. The molecule has 1 aliphatic rings. The number of aromatic nitrogens is 4. The van der Waals surface area contributed by atoms with E-state index in [0.29, 0.717) is 10.7 Å². The van der Waals surface area contributed by atoms with Crippen molar-refractivity contribution in [3.05, 3.63) is 47.3 Å². The first kappa shape index (κ1) is 10.9. The Balaban J connectivity index is 2.05. The molecule has 0 atom stereocenters. The smallest absolute Gasteiger partial charge is 0.199 e. The van der Waals surface area contributed by atoms with Gasteiger partial charge in [0, 0.05) is 23.7 Å². The molecule has 5 heteroatoms. The maximum absolute atomic E-state index is 5.39. The van der Waals surface area contributed by atoms with E-state index < -0.39 is 0 Å². The van der Waals surface area contributed by atoms with Gasteiger partial charge < -0.3 is 0 Å². The van der Waals surface area contributed by atoms with E-state index in [1.807, 2.05) is 24.5 Å². The molecule has 2 heterocycles. The number of H-pyrrole nitrogens is 1. The molecule has 0 amide bonds. The number of hydrogen-bond acceptors (Lipinski definition) is 3. The van der Waals surface area contributed by atoms with Gasteiger partial charge in [0.25, 0.3) is 0 Å². The van der Waals surface area contributed by atoms with Gasteiger partial charge in [0.15, 0.2) is 4.77 Å². The highest BCUT2D eigenvalue weighted by atomic mass is 32.1. The van der Waals surface area contributed by atoms with E-state index >= 15 is 0 Å². The minimum atomic E-state index is 0.542. The summed E-state index contributed by atoms with van der Waals surface area (Å²) in [5.74, 6) is 1.58. The van der Waals surface area contributed by atoms with Gasteiger partial charge in [-0.15, -0.1) is 0 Å². The lowest BCUT2D eigenvalue weighted by atomic mass is 10.1. The van der Waals surface area contributed by atoms with E-state index in [1.165, 1.54) is 12.8 Å². The Labute approximate surface area is 115 Å². The number of pyridine rings is 1. The molecule has 1 fully saturated rings. The fraction of sp³-hybridized carbons (Fsp3) is 0.214. The molecule has 1 saturated carbocycles. The molecule has 3 aromatic rings. The molecule has 0 bridgehead atoms. The van der Waals surface area contributed by atoms with Crippen LogP contribution in [0.1, 0.15) is 24.6 Å². The van der Waals surface area contributed by atoms with Crippen LogP contribution in [0.3, 0.4) is 0 Å². The van der Waals surface area contributed by atoms with Crippen LogP contribution in [0, 0.1) is 4.77 Å². The summed E-state index contributed by atoms with van der Waals surface area (Å²) >= 11 is 5.39. The predicted molar refractivity (Wildman–Crippen MR) is 76.0 cm³/mol. The van der Waals surface area contributed by atoms with Gasteiger partial charge in [-0.05, 0) is 42.6 Å². The number of fused-ring (bicyclic) bond motifs is 1. The topological polar surface area (TPSA) is 46.5 Å². The quantitative estimate of drug-likeness (QED) is 0.725. The summed E-state index contributed by atoms with van der Waals surface area (Å²) in [4.78, 5) is 4.23. The third-order valence-corrected chi connectivity index (χ3v) is 3.82. The molecule has 4 rings (SSSR count). The van der Waals surface area contributed by atoms with E-state index in [0.717, 1.165) is 22.3 Å². The highest BCUT2D eigenvalue weighted by Gasteiger charge is 2.29. The van der Waals surface area contributed by atoms with E-state index in [1.54, 1.807) is 0 Å². The second-order valence-electron chi connectivity index (χ2n) is 4.87. The normalized spacial score (nSPS) is 14.9. The Morgan fingerprint density at radius 3 is 3.00 bits per heavy atom. The highest BCUT2D eigenvalue weighted by Crippen LogP contribution is 2.40. The predicted octanol–water partition coefficient (Wildman–Crippen LogP) is 3.36. The standard InChI is InChI=1S/C14H12N4S/c19-14-17-16-13(10-4-5-10)18(14)12-3-1-2-9-6-7-15-8-11(9)12/h1-3,6-8,10H,4-5H2,(H,17,19). The Morgan fingerprint density at radius 1 is 1.26 bits per heavy atom. The van der Waals surface area contributed by atoms with Gasteiger partial charge in [0.1, 0.15) is 5.82 Å². The first-order valence-corrected chi connectivity index (χ1v) is 6.76. The van der Waals surface area contributed by atoms with Crippen LogP contribution < -0.4 is 0 Å². The van der Waals surface area contributed by atoms with Gasteiger partial charge in [-0.2, -0.15) is 5.10 Å². The summed E-state index contributed by atoms with van der Waals surface area (Å²) in [6.07, 6.45) is 6.09. The van der Waals surface area contributed by atoms with E-state index in [-0.39, 0.29) is 0 Å². The first-order chi connectivity index (χ1) is 9.34. The number of nitrogens with zero attached hydrogens (tertiary/aromatic N) is 3. The van der Waals surface area contributed by atoms with Crippen LogP contribution in [0.5, 0.6) is 0 Å². The van der Waals surface area contributed by atoms with Crippen molar-refractivity contribution in [1.82, 2.24) is 19.7 Å². The molecule has 0 spiro atoms. The van der Waals surface area contributed by atoms with Crippen molar-refractivity contribution in [3.8, 4) is 5.69 Å². The summed E-state index contributed by atoms with van der Waals surface area (Å²) in [5, 5.41) is 9.57. The van der Waals surface area contributed by atoms with Crippen molar-refractivity contribution < 1.29 is 0 Å². The molecule has 2 aromatic heterocycles. The summed E-state index contributed by atoms with van der Waals surface area (Å²) in [7, 11) is 0. The van der Waals surface area contributed by atoms with Crippen LogP contribution in [0.25, 0.3) is 16.5 Å². The van der Waals surface area contributed by atoms with Crippen molar-refractivity contribution in [1.29, 1.82) is 0 Å². The Kier molecular flexibility index (Phi) is 2.29. The van der Waals surface area contributed by atoms with Gasteiger partial charge in [0.2, 0.25) is 0 Å². The minimum Gasteiger partial charge on any atom is -0.271 e. The van der Waals surface area contributed by atoms with Crippen LogP contribution in [0.2, 0.25) is 0 Å². The van der Waals surface area contributed by atoms with E-state index in [2.05, 4.69) is 31.9 Å². The van der Waals surface area contributed by atoms with Crippen molar-refractivity contribution in [2.45, 2.75) is 18.8 Å². The number of hydrogen-bond donors (Lipinski definition) is 1. The van der Waals surface area contributed by atoms with Crippen LogP contribution in [-0.4, -0.2) is 19.7 Å². The lowest BCUT2D eigenvalue weighted by molar-refractivity contribution is 0.872. The number of rotatable bonds is 2. The molecule has 4 nitrogen and oxygen atoms in total. The molecule has 94 valence electrons. The van der Waals surface area contributed by atoms with Gasteiger partial charge in [-0.3, -0.25) is 14.6 Å². The fourth-order valence-electron chi connectivity index (χ4n) is 2.45. The second-order valence-corrected chi connectivity index (χ2v) is 5.26. The SMILES string of the molecule is S=c1[nH]nc(C2CC2)n1-c1cccc2ccncc12. The number of nitrogens with one attached hydrogen (secondary N) is 1. The van der Waals surface area contributed by atoms with Gasteiger partial charge >= 0.3 is 0 Å². The molecular weight excluding hydrogens is 256 g/mol. The lowest BCUT2D eigenvalue weighted by Gasteiger charge is -2.09. The van der Waals surface area contributed by atoms with Crippen molar-refractivity contribution in [2.75, 3.05) is 0 Å². The molecule has 0 aliphatic heterocycles. The van der Waals surface area contributed by atoms with Crippen molar-refractivity contribution in [3.63, 3.8) is 0 Å². The minimum absolute atomic E-state index is 0.542. The van der Waals surface area contributed by atoms with Crippen molar-refractivity contribution in [2.24, 2.45) is 0 Å². The number of aromatic amines is 1. The van der Waals surface area contributed by atoms with E-state index in [9.17, 15) is 0 Å². The lowest BCUT2D eigenvalue weighted by Crippen LogP contribution is -2.01. The zero-order valence-corrected chi connectivity index (χ0v) is 11.0. The molecule has 0 saturated heterocycles. The fourth-order valence-corrected chi connectivity index (χ4v) is 2.69. The second kappa shape index (κ2) is 3.99. The van der Waals surface area contributed by atoms with Crippen LogP contribution >= 0.6 is 12.2 Å². The summed E-state index contributed by atoms with van der Waals surface area (Å²) in [5.41, 5.74) is 1.06. The molecule has 19 heavy (non-hydrogen) atoms. The average molecular weight is 268 g/mol. The molecule has 0 radical (unpaired) electrons. The van der Waals surface area contributed by atoms with Crippen molar-refractivity contribution >= 4 is 23.0 Å². The van der Waals surface area contributed by atoms with E-state index in [4.69, 9.17) is 12.2 Å². The Bertz CT molecular complexity index is 808. The zero-order valence-electron chi connectivity index (χ0n) is 10.2. The van der Waals surface area contributed by atoms with Gasteiger partial charge in [0.05, 0.1) is 5.69 Å². The molecule has 1 aromatic carbocycles. The average Bonchev–Trinajstić information content (AvgIpc) is 3.22. The third-order valence-electron chi connectivity index (χ3n) is 3.54. The third kappa shape index (κ3) is 1.69. The van der Waals surface area contributed by atoms with Crippen LogP contribution in [0.4, 0.5) is 0 Å². The van der Waals surface area contributed by atoms with Gasteiger partial charge in [-0.25, -0.2) is 0 Å². The Morgan fingerprint density at radius 2 is 2.16 bits per heavy atom. The van der Waals surface area contributed by atoms with Gasteiger partial charge in [-0.1, -0.05) is 12.1 Å². The maximum Gasteiger partial charge on any atom is 0.199 e. The van der Waals surface area contributed by atoms with Crippen LogP contribution in [0.15, 0.2) is 36.7 Å².